The van der Waals surface area contributed by atoms with E-state index in [1.165, 1.54) is 12.1 Å². The number of hydrogen-bond donors (Lipinski definition) is 1. The van der Waals surface area contributed by atoms with Crippen LogP contribution in [0.5, 0.6) is 5.75 Å². The average molecular weight is 293 g/mol. The predicted octanol–water partition coefficient (Wildman–Crippen LogP) is 3.60. The second-order valence-electron chi connectivity index (χ2n) is 4.23. The summed E-state index contributed by atoms with van der Waals surface area (Å²) in [4.78, 5) is 0. The van der Waals surface area contributed by atoms with E-state index in [4.69, 9.17) is 5.73 Å². The van der Waals surface area contributed by atoms with E-state index in [0.717, 1.165) is 23.5 Å². The molecule has 0 aromatic heterocycles. The molecule has 6 heteroatoms. The molecule has 1 atom stereocenters. The third kappa shape index (κ3) is 7.32. The first kappa shape index (κ1) is 16.2. The van der Waals surface area contributed by atoms with Gasteiger partial charge in [0.1, 0.15) is 5.75 Å². The first-order valence-electron chi connectivity index (χ1n) is 6.08. The maximum Gasteiger partial charge on any atom is 0.573 e. The van der Waals surface area contributed by atoms with Crippen LogP contribution in [-0.4, -0.2) is 23.9 Å². The molecule has 0 spiro atoms. The first-order chi connectivity index (χ1) is 8.90. The molecule has 19 heavy (non-hydrogen) atoms. The molecule has 0 bridgehead atoms. The van der Waals surface area contributed by atoms with Crippen molar-refractivity contribution >= 4 is 11.8 Å². The second kappa shape index (κ2) is 7.65. The number of benzene rings is 1. The molecule has 0 fully saturated rings. The van der Waals surface area contributed by atoms with Crippen LogP contribution in [-0.2, 0) is 6.42 Å². The summed E-state index contributed by atoms with van der Waals surface area (Å²) < 4.78 is 39.7. The van der Waals surface area contributed by atoms with Crippen molar-refractivity contribution in [3.8, 4) is 5.75 Å². The van der Waals surface area contributed by atoms with Gasteiger partial charge in [-0.1, -0.05) is 19.1 Å². The van der Waals surface area contributed by atoms with Gasteiger partial charge in [-0.05, 0) is 36.3 Å². The minimum atomic E-state index is -4.64. The van der Waals surface area contributed by atoms with Crippen LogP contribution in [0.1, 0.15) is 18.9 Å². The number of alkyl halides is 3. The molecule has 0 aliphatic rings. The minimum absolute atomic E-state index is 0.0194. The molecule has 0 radical (unpaired) electrons. The Balaban J connectivity index is 2.43. The molecule has 0 saturated carbocycles. The van der Waals surface area contributed by atoms with Crippen molar-refractivity contribution in [3.63, 3.8) is 0 Å². The van der Waals surface area contributed by atoms with E-state index in [-0.39, 0.29) is 11.8 Å². The highest BCUT2D eigenvalue weighted by Crippen LogP contribution is 2.23. The fraction of sp³-hybridized carbons (Fsp3) is 0.538. The molecule has 2 nitrogen and oxygen atoms in total. The minimum Gasteiger partial charge on any atom is -0.406 e. The van der Waals surface area contributed by atoms with Gasteiger partial charge in [-0.15, -0.1) is 13.2 Å². The largest absolute Gasteiger partial charge is 0.573 e. The van der Waals surface area contributed by atoms with Crippen molar-refractivity contribution in [3.05, 3.63) is 29.8 Å². The molecule has 0 aliphatic heterocycles. The van der Waals surface area contributed by atoms with Crippen LogP contribution < -0.4 is 10.5 Å². The molecule has 2 N–H and O–H groups in total. The van der Waals surface area contributed by atoms with Crippen molar-refractivity contribution in [2.45, 2.75) is 32.2 Å². The van der Waals surface area contributed by atoms with Crippen molar-refractivity contribution < 1.29 is 17.9 Å². The van der Waals surface area contributed by atoms with E-state index in [9.17, 15) is 13.2 Å². The fourth-order valence-electron chi connectivity index (χ4n) is 1.57. The highest BCUT2D eigenvalue weighted by molar-refractivity contribution is 7.99. The van der Waals surface area contributed by atoms with Gasteiger partial charge in [0.2, 0.25) is 0 Å². The van der Waals surface area contributed by atoms with Crippen LogP contribution >= 0.6 is 11.8 Å². The van der Waals surface area contributed by atoms with E-state index in [0.29, 0.717) is 6.42 Å². The van der Waals surface area contributed by atoms with E-state index in [1.807, 2.05) is 0 Å². The van der Waals surface area contributed by atoms with Crippen molar-refractivity contribution in [1.29, 1.82) is 0 Å². The summed E-state index contributed by atoms with van der Waals surface area (Å²) in [5.41, 5.74) is 6.87. The molecule has 0 saturated heterocycles. The normalized spacial score (nSPS) is 13.3. The second-order valence-corrected chi connectivity index (χ2v) is 5.38. The SMILES string of the molecule is CCCSCC(N)Cc1ccc(OC(F)(F)F)cc1. The molecule has 0 heterocycles. The standard InChI is InChI=1S/C13H18F3NOS/c1-2-7-19-9-11(17)8-10-3-5-12(6-4-10)18-13(14,15)16/h3-6,11H,2,7-9,17H2,1H3. The van der Waals surface area contributed by atoms with Crippen LogP contribution in [0, 0.1) is 0 Å². The smallest absolute Gasteiger partial charge is 0.406 e. The number of halogens is 3. The molecule has 1 aromatic rings. The number of hydrogen-bond acceptors (Lipinski definition) is 3. The van der Waals surface area contributed by atoms with Gasteiger partial charge in [0.25, 0.3) is 0 Å². The summed E-state index contributed by atoms with van der Waals surface area (Å²) in [7, 11) is 0. The summed E-state index contributed by atoms with van der Waals surface area (Å²) in [5.74, 6) is 1.73. The Bertz CT molecular complexity index is 367. The Morgan fingerprint density at radius 1 is 1.26 bits per heavy atom. The van der Waals surface area contributed by atoms with Gasteiger partial charge >= 0.3 is 6.36 Å². The lowest BCUT2D eigenvalue weighted by Crippen LogP contribution is -2.25. The average Bonchev–Trinajstić information content (AvgIpc) is 2.30. The topological polar surface area (TPSA) is 35.2 Å². The Labute approximate surface area is 115 Å². The molecule has 0 aliphatic carbocycles. The molecule has 0 amide bonds. The van der Waals surface area contributed by atoms with Gasteiger partial charge in [0, 0.05) is 11.8 Å². The molecule has 1 rings (SSSR count). The Kier molecular flexibility index (Phi) is 6.51. The van der Waals surface area contributed by atoms with Gasteiger partial charge < -0.3 is 10.5 Å². The number of nitrogens with two attached hydrogens (primary N) is 1. The van der Waals surface area contributed by atoms with E-state index >= 15 is 0 Å². The first-order valence-corrected chi connectivity index (χ1v) is 7.24. The van der Waals surface area contributed by atoms with E-state index in [1.54, 1.807) is 23.9 Å². The fourth-order valence-corrected chi connectivity index (χ4v) is 2.44. The highest BCUT2D eigenvalue weighted by Gasteiger charge is 2.30. The van der Waals surface area contributed by atoms with Crippen molar-refractivity contribution in [2.24, 2.45) is 5.73 Å². The zero-order valence-corrected chi connectivity index (χ0v) is 11.6. The molecule has 1 aromatic carbocycles. The zero-order chi connectivity index (χ0) is 14.3. The summed E-state index contributed by atoms with van der Waals surface area (Å²) in [6, 6.07) is 5.88. The summed E-state index contributed by atoms with van der Waals surface area (Å²) in [6.07, 6.45) is -2.88. The third-order valence-corrected chi connectivity index (χ3v) is 3.70. The summed E-state index contributed by atoms with van der Waals surface area (Å²) >= 11 is 1.79. The molecular weight excluding hydrogens is 275 g/mol. The van der Waals surface area contributed by atoms with Gasteiger partial charge in [-0.25, -0.2) is 0 Å². The van der Waals surface area contributed by atoms with Gasteiger partial charge in [-0.2, -0.15) is 11.8 Å². The lowest BCUT2D eigenvalue weighted by molar-refractivity contribution is -0.274. The van der Waals surface area contributed by atoms with Crippen LogP contribution in [0.15, 0.2) is 24.3 Å². The maximum atomic E-state index is 12.0. The maximum absolute atomic E-state index is 12.0. The Morgan fingerprint density at radius 2 is 1.89 bits per heavy atom. The molecule has 108 valence electrons. The lowest BCUT2D eigenvalue weighted by atomic mass is 10.1. The number of thioether (sulfide) groups is 1. The zero-order valence-electron chi connectivity index (χ0n) is 10.7. The highest BCUT2D eigenvalue weighted by atomic mass is 32.2. The predicted molar refractivity (Wildman–Crippen MR) is 72.4 cm³/mol. The molecular formula is C13H18F3NOS. The number of ether oxygens (including phenoxy) is 1. The van der Waals surface area contributed by atoms with Gasteiger partial charge in [0.15, 0.2) is 0 Å². The summed E-state index contributed by atoms with van der Waals surface area (Å²) in [6.45, 7) is 2.11. The van der Waals surface area contributed by atoms with Crippen molar-refractivity contribution in [1.82, 2.24) is 0 Å². The molecule has 1 unspecified atom stereocenters. The third-order valence-electron chi connectivity index (χ3n) is 2.34. The van der Waals surface area contributed by atoms with Crippen LogP contribution in [0.4, 0.5) is 13.2 Å². The quantitative estimate of drug-likeness (QED) is 0.780. The lowest BCUT2D eigenvalue weighted by Gasteiger charge is -2.12. The van der Waals surface area contributed by atoms with Gasteiger partial charge in [0.05, 0.1) is 0 Å². The van der Waals surface area contributed by atoms with E-state index in [2.05, 4.69) is 11.7 Å². The van der Waals surface area contributed by atoms with Crippen LogP contribution in [0.25, 0.3) is 0 Å². The van der Waals surface area contributed by atoms with Crippen molar-refractivity contribution in [2.75, 3.05) is 11.5 Å². The Morgan fingerprint density at radius 3 is 2.42 bits per heavy atom. The van der Waals surface area contributed by atoms with Crippen LogP contribution in [0.3, 0.4) is 0 Å². The van der Waals surface area contributed by atoms with E-state index < -0.39 is 6.36 Å². The monoisotopic (exact) mass is 293 g/mol. The number of rotatable bonds is 7. The van der Waals surface area contributed by atoms with Crippen LogP contribution in [0.2, 0.25) is 0 Å². The summed E-state index contributed by atoms with van der Waals surface area (Å²) in [5, 5.41) is 0. The van der Waals surface area contributed by atoms with Gasteiger partial charge in [-0.3, -0.25) is 0 Å². The Hall–Kier alpha value is -0.880.